The highest BCUT2D eigenvalue weighted by Gasteiger charge is 2.12. The van der Waals surface area contributed by atoms with Crippen LogP contribution >= 0.6 is 27.5 Å². The van der Waals surface area contributed by atoms with Crippen molar-refractivity contribution in [3.05, 3.63) is 57.0 Å². The van der Waals surface area contributed by atoms with Gasteiger partial charge in [-0.05, 0) is 52.2 Å². The summed E-state index contributed by atoms with van der Waals surface area (Å²) in [4.78, 5) is 0. The van der Waals surface area contributed by atoms with Gasteiger partial charge in [-0.2, -0.15) is 0 Å². The van der Waals surface area contributed by atoms with Crippen LogP contribution in [0.25, 0.3) is 0 Å². The maximum atomic E-state index is 5.95. The zero-order valence-corrected chi connectivity index (χ0v) is 18.7. The minimum atomic E-state index is 0.420. The fourth-order valence-corrected chi connectivity index (χ4v) is 3.28. The molecule has 0 spiro atoms. The first-order valence-corrected chi connectivity index (χ1v) is 10.5. The Morgan fingerprint density at radius 3 is 2.69 bits per heavy atom. The summed E-state index contributed by atoms with van der Waals surface area (Å²) in [6.45, 7) is 3.88. The number of nitrogens with zero attached hydrogens (tertiary/aromatic N) is 4. The number of unbranched alkanes of at least 4 members (excludes halogenated alkanes) is 1. The summed E-state index contributed by atoms with van der Waals surface area (Å²) >= 11 is 9.55. The van der Waals surface area contributed by atoms with Crippen LogP contribution in [-0.4, -0.2) is 27.3 Å². The first kappa shape index (κ1) is 21.4. The quantitative estimate of drug-likeness (QED) is 0.436. The zero-order valence-electron chi connectivity index (χ0n) is 16.4. The van der Waals surface area contributed by atoms with Gasteiger partial charge >= 0.3 is 0 Å². The predicted octanol–water partition coefficient (Wildman–Crippen LogP) is 5.09. The van der Waals surface area contributed by atoms with E-state index in [4.69, 9.17) is 21.1 Å². The summed E-state index contributed by atoms with van der Waals surface area (Å²) in [6.07, 6.45) is 2.11. The van der Waals surface area contributed by atoms with Crippen molar-refractivity contribution in [2.24, 2.45) is 0 Å². The molecule has 0 aliphatic rings. The van der Waals surface area contributed by atoms with Gasteiger partial charge < -0.3 is 14.8 Å². The maximum absolute atomic E-state index is 5.95. The van der Waals surface area contributed by atoms with Crippen molar-refractivity contribution >= 4 is 33.5 Å². The molecule has 9 heteroatoms. The fraction of sp³-hybridized carbons (Fsp3) is 0.350. The molecule has 0 aliphatic carbocycles. The molecule has 2 aromatic carbocycles. The van der Waals surface area contributed by atoms with Crippen LogP contribution in [0.5, 0.6) is 11.5 Å². The fourth-order valence-electron chi connectivity index (χ4n) is 2.69. The number of tetrazole rings is 1. The van der Waals surface area contributed by atoms with Gasteiger partial charge in [0.05, 0.1) is 7.11 Å². The number of nitrogens with one attached hydrogen (secondary N) is 1. The van der Waals surface area contributed by atoms with Crippen molar-refractivity contribution in [3.63, 3.8) is 0 Å². The molecule has 3 rings (SSSR count). The largest absolute Gasteiger partial charge is 0.493 e. The van der Waals surface area contributed by atoms with E-state index in [1.165, 1.54) is 0 Å². The van der Waals surface area contributed by atoms with Crippen molar-refractivity contribution in [2.45, 2.75) is 39.5 Å². The standard InChI is InChI=1S/C20H23BrClN5O2/c1-3-4-9-27-20(24-25-26-27)23-12-15-10-18(28-2)19(11-17(15)21)29-13-14-5-7-16(22)8-6-14/h5-8,10-11H,3-4,9,12-13H2,1-2H3,(H,23,24,26). The maximum Gasteiger partial charge on any atom is 0.243 e. The van der Waals surface area contributed by atoms with Gasteiger partial charge in [-0.25, -0.2) is 4.68 Å². The van der Waals surface area contributed by atoms with Gasteiger partial charge in [0.25, 0.3) is 0 Å². The number of hydrogen-bond acceptors (Lipinski definition) is 6. The second-order valence-corrected chi connectivity index (χ2v) is 7.73. The molecular weight excluding hydrogens is 458 g/mol. The second-order valence-electron chi connectivity index (χ2n) is 6.44. The Morgan fingerprint density at radius 2 is 1.97 bits per heavy atom. The minimum Gasteiger partial charge on any atom is -0.493 e. The van der Waals surface area contributed by atoms with E-state index in [0.717, 1.165) is 35.0 Å². The number of halogens is 2. The zero-order chi connectivity index (χ0) is 20.6. The van der Waals surface area contributed by atoms with E-state index in [1.807, 2.05) is 36.4 Å². The third kappa shape index (κ3) is 5.83. The highest BCUT2D eigenvalue weighted by molar-refractivity contribution is 9.10. The molecule has 154 valence electrons. The smallest absolute Gasteiger partial charge is 0.243 e. The van der Waals surface area contributed by atoms with Gasteiger partial charge in [0, 0.05) is 22.6 Å². The Balaban J connectivity index is 1.67. The molecular formula is C20H23BrClN5O2. The van der Waals surface area contributed by atoms with E-state index in [9.17, 15) is 0 Å². The molecule has 29 heavy (non-hydrogen) atoms. The Kier molecular flexibility index (Phi) is 7.71. The molecule has 1 N–H and O–H groups in total. The van der Waals surface area contributed by atoms with Gasteiger partial charge in [0.1, 0.15) is 6.61 Å². The lowest BCUT2D eigenvalue weighted by atomic mass is 10.2. The van der Waals surface area contributed by atoms with Gasteiger partial charge in [-0.1, -0.05) is 58.1 Å². The van der Waals surface area contributed by atoms with Crippen LogP contribution in [0.15, 0.2) is 40.9 Å². The molecule has 7 nitrogen and oxygen atoms in total. The lowest BCUT2D eigenvalue weighted by Crippen LogP contribution is -2.09. The number of rotatable bonds is 10. The van der Waals surface area contributed by atoms with Gasteiger partial charge in [0.2, 0.25) is 5.95 Å². The molecule has 0 amide bonds. The summed E-state index contributed by atoms with van der Waals surface area (Å²) in [7, 11) is 1.63. The lowest BCUT2D eigenvalue weighted by molar-refractivity contribution is 0.284. The monoisotopic (exact) mass is 479 g/mol. The lowest BCUT2D eigenvalue weighted by Gasteiger charge is -2.15. The number of anilines is 1. The highest BCUT2D eigenvalue weighted by Crippen LogP contribution is 2.34. The SMILES string of the molecule is CCCCn1nnnc1NCc1cc(OC)c(OCc2ccc(Cl)cc2)cc1Br. The molecule has 0 saturated carbocycles. The number of benzene rings is 2. The molecule has 3 aromatic rings. The number of aryl methyl sites for hydroxylation is 1. The van der Waals surface area contributed by atoms with Gasteiger partial charge in [0.15, 0.2) is 11.5 Å². The second kappa shape index (κ2) is 10.5. The average Bonchev–Trinajstić information content (AvgIpc) is 3.18. The summed E-state index contributed by atoms with van der Waals surface area (Å²) in [6, 6.07) is 11.4. The summed E-state index contributed by atoms with van der Waals surface area (Å²) in [5.74, 6) is 1.96. The van der Waals surface area contributed by atoms with Crippen molar-refractivity contribution < 1.29 is 9.47 Å². The van der Waals surface area contributed by atoms with Crippen LogP contribution < -0.4 is 14.8 Å². The highest BCUT2D eigenvalue weighted by atomic mass is 79.9. The van der Waals surface area contributed by atoms with E-state index in [2.05, 4.69) is 43.7 Å². The number of hydrogen-bond donors (Lipinski definition) is 1. The van der Waals surface area contributed by atoms with E-state index in [1.54, 1.807) is 11.8 Å². The molecule has 1 heterocycles. The van der Waals surface area contributed by atoms with Crippen LogP contribution in [0.4, 0.5) is 5.95 Å². The third-order valence-corrected chi connectivity index (χ3v) is 5.32. The Bertz CT molecular complexity index is 933. The van der Waals surface area contributed by atoms with Crippen molar-refractivity contribution in [1.29, 1.82) is 0 Å². The molecule has 0 fully saturated rings. The van der Waals surface area contributed by atoms with Crippen LogP contribution in [0.2, 0.25) is 5.02 Å². The van der Waals surface area contributed by atoms with Crippen molar-refractivity contribution in [1.82, 2.24) is 20.2 Å². The molecule has 0 radical (unpaired) electrons. The van der Waals surface area contributed by atoms with Crippen molar-refractivity contribution in [3.8, 4) is 11.5 Å². The number of aromatic nitrogens is 4. The molecule has 0 aliphatic heterocycles. The molecule has 1 aromatic heterocycles. The number of ether oxygens (including phenoxy) is 2. The van der Waals surface area contributed by atoms with E-state index in [-0.39, 0.29) is 0 Å². The Labute approximate surface area is 183 Å². The van der Waals surface area contributed by atoms with Crippen LogP contribution in [0.3, 0.4) is 0 Å². The van der Waals surface area contributed by atoms with Crippen molar-refractivity contribution in [2.75, 3.05) is 12.4 Å². The average molecular weight is 481 g/mol. The Hall–Kier alpha value is -2.32. The van der Waals surface area contributed by atoms with Crippen LogP contribution in [0, 0.1) is 0 Å². The van der Waals surface area contributed by atoms with Gasteiger partial charge in [-0.3, -0.25) is 0 Å². The van der Waals surface area contributed by atoms with E-state index >= 15 is 0 Å². The van der Waals surface area contributed by atoms with Gasteiger partial charge in [-0.15, -0.1) is 0 Å². The molecule has 0 saturated heterocycles. The third-order valence-electron chi connectivity index (χ3n) is 4.33. The van der Waals surface area contributed by atoms with E-state index in [0.29, 0.717) is 35.6 Å². The summed E-state index contributed by atoms with van der Waals surface area (Å²) in [5.41, 5.74) is 2.03. The van der Waals surface area contributed by atoms with Crippen LogP contribution in [-0.2, 0) is 19.7 Å². The Morgan fingerprint density at radius 1 is 1.17 bits per heavy atom. The predicted molar refractivity (Wildman–Crippen MR) is 117 cm³/mol. The molecule has 0 atom stereocenters. The number of methoxy groups -OCH3 is 1. The topological polar surface area (TPSA) is 74.1 Å². The first-order valence-electron chi connectivity index (χ1n) is 9.34. The van der Waals surface area contributed by atoms with Crippen LogP contribution in [0.1, 0.15) is 30.9 Å². The molecule has 0 bridgehead atoms. The normalized spacial score (nSPS) is 10.8. The summed E-state index contributed by atoms with van der Waals surface area (Å²) < 4.78 is 14.2. The summed E-state index contributed by atoms with van der Waals surface area (Å²) in [5, 5.41) is 15.8. The first-order chi connectivity index (χ1) is 14.1. The molecule has 0 unspecified atom stereocenters. The minimum absolute atomic E-state index is 0.420. The van der Waals surface area contributed by atoms with E-state index < -0.39 is 0 Å².